The lowest BCUT2D eigenvalue weighted by molar-refractivity contribution is -0.128. The number of carbonyl (C=O) groups is 1. The third-order valence-corrected chi connectivity index (χ3v) is 2.43. The molecule has 3 N–H and O–H groups in total. The highest BCUT2D eigenvalue weighted by Gasteiger charge is 2.20. The Morgan fingerprint density at radius 2 is 2.40 bits per heavy atom. The molecule has 0 aromatic heterocycles. The van der Waals surface area contributed by atoms with Gasteiger partial charge >= 0.3 is 0 Å². The molecule has 4 nitrogen and oxygen atoms in total. The molecule has 5 heteroatoms. The number of carbonyl (C=O) groups excluding carboxylic acids is 1. The van der Waals surface area contributed by atoms with E-state index in [1.165, 1.54) is 0 Å². The van der Waals surface area contributed by atoms with Crippen molar-refractivity contribution < 1.29 is 9.53 Å². The topological polar surface area (TPSA) is 64.3 Å². The van der Waals surface area contributed by atoms with Crippen molar-refractivity contribution >= 4 is 18.3 Å². The molecule has 0 aromatic carbocycles. The van der Waals surface area contributed by atoms with E-state index in [9.17, 15) is 4.79 Å². The molecule has 2 atom stereocenters. The average molecular weight is 237 g/mol. The Hall–Kier alpha value is -0.320. The summed E-state index contributed by atoms with van der Waals surface area (Å²) in [5.74, 6) is 0.169. The summed E-state index contributed by atoms with van der Waals surface area (Å²) in [6, 6.07) is 0.151. The number of halogens is 1. The summed E-state index contributed by atoms with van der Waals surface area (Å²) in [5, 5.41) is 2.88. The van der Waals surface area contributed by atoms with Crippen LogP contribution in [0.5, 0.6) is 0 Å². The van der Waals surface area contributed by atoms with E-state index in [0.717, 1.165) is 25.9 Å². The molecule has 2 unspecified atom stereocenters. The lowest BCUT2D eigenvalue weighted by Gasteiger charge is -2.21. The van der Waals surface area contributed by atoms with Gasteiger partial charge in [0.05, 0.1) is 12.5 Å². The van der Waals surface area contributed by atoms with Crippen molar-refractivity contribution in [1.82, 2.24) is 5.32 Å². The zero-order valence-electron chi connectivity index (χ0n) is 9.20. The molecule has 1 saturated heterocycles. The van der Waals surface area contributed by atoms with E-state index in [2.05, 4.69) is 5.32 Å². The molecule has 1 aliphatic heterocycles. The average Bonchev–Trinajstić information content (AvgIpc) is 2.18. The molecule has 0 radical (unpaired) electrons. The van der Waals surface area contributed by atoms with Crippen LogP contribution in [-0.4, -0.2) is 31.7 Å². The Kier molecular flexibility index (Phi) is 7.74. The lowest BCUT2D eigenvalue weighted by atomic mass is 10.0. The van der Waals surface area contributed by atoms with Crippen molar-refractivity contribution in [2.45, 2.75) is 32.2 Å². The van der Waals surface area contributed by atoms with Gasteiger partial charge in [-0.25, -0.2) is 0 Å². The van der Waals surface area contributed by atoms with Crippen LogP contribution in [0.2, 0.25) is 0 Å². The van der Waals surface area contributed by atoms with Crippen LogP contribution in [0, 0.1) is 5.92 Å². The maximum absolute atomic E-state index is 11.5. The smallest absolute Gasteiger partial charge is 0.225 e. The molecule has 0 spiro atoms. The third-order valence-electron chi connectivity index (χ3n) is 2.43. The highest BCUT2D eigenvalue weighted by atomic mass is 35.5. The quantitative estimate of drug-likeness (QED) is 0.755. The van der Waals surface area contributed by atoms with Crippen LogP contribution < -0.4 is 11.1 Å². The van der Waals surface area contributed by atoms with E-state index < -0.39 is 0 Å². The molecule has 15 heavy (non-hydrogen) atoms. The second kappa shape index (κ2) is 7.91. The largest absolute Gasteiger partial charge is 0.381 e. The number of rotatable bonds is 4. The van der Waals surface area contributed by atoms with Crippen molar-refractivity contribution in [2.24, 2.45) is 11.7 Å². The second-order valence-corrected chi connectivity index (χ2v) is 3.97. The summed E-state index contributed by atoms with van der Waals surface area (Å²) in [6.45, 7) is 3.98. The van der Waals surface area contributed by atoms with Crippen LogP contribution >= 0.6 is 12.4 Å². The zero-order chi connectivity index (χ0) is 10.4. The lowest BCUT2D eigenvalue weighted by Crippen LogP contribution is -2.37. The molecule has 0 saturated carbocycles. The van der Waals surface area contributed by atoms with Crippen molar-refractivity contribution in [3.05, 3.63) is 0 Å². The van der Waals surface area contributed by atoms with E-state index in [0.29, 0.717) is 13.2 Å². The van der Waals surface area contributed by atoms with E-state index in [1.807, 2.05) is 6.92 Å². The molecule has 90 valence electrons. The molecule has 1 fully saturated rings. The van der Waals surface area contributed by atoms with E-state index in [-0.39, 0.29) is 30.3 Å². The molecule has 1 heterocycles. The van der Waals surface area contributed by atoms with Crippen molar-refractivity contribution in [1.29, 1.82) is 0 Å². The Labute approximate surface area is 97.3 Å². The van der Waals surface area contributed by atoms with Gasteiger partial charge in [0.2, 0.25) is 5.91 Å². The fourth-order valence-corrected chi connectivity index (χ4v) is 1.51. The maximum Gasteiger partial charge on any atom is 0.225 e. The first-order valence-corrected chi connectivity index (χ1v) is 5.31. The van der Waals surface area contributed by atoms with Crippen molar-refractivity contribution in [3.63, 3.8) is 0 Å². The predicted molar refractivity (Wildman–Crippen MR) is 62.1 cm³/mol. The van der Waals surface area contributed by atoms with Gasteiger partial charge in [-0.2, -0.15) is 0 Å². The summed E-state index contributed by atoms with van der Waals surface area (Å²) < 4.78 is 5.25. The standard InChI is InChI=1S/C10H20N2O2.ClH/c1-8(11)4-5-12-10(13)9-3-2-6-14-7-9;/h8-9H,2-7,11H2,1H3,(H,12,13);1H. The molecule has 1 amide bonds. The van der Waals surface area contributed by atoms with Gasteiger partial charge in [-0.05, 0) is 26.2 Å². The van der Waals surface area contributed by atoms with E-state index in [1.54, 1.807) is 0 Å². The number of hydrogen-bond acceptors (Lipinski definition) is 3. The fourth-order valence-electron chi connectivity index (χ4n) is 1.51. The van der Waals surface area contributed by atoms with Crippen LogP contribution in [0.3, 0.4) is 0 Å². The Morgan fingerprint density at radius 3 is 2.93 bits per heavy atom. The molecule has 1 rings (SSSR count). The molecule has 0 bridgehead atoms. The third kappa shape index (κ3) is 5.97. The predicted octanol–water partition coefficient (Wildman–Crippen LogP) is 0.688. The summed E-state index contributed by atoms with van der Waals surface area (Å²) in [7, 11) is 0. The van der Waals surface area contributed by atoms with Gasteiger partial charge in [-0.1, -0.05) is 0 Å². The van der Waals surface area contributed by atoms with Gasteiger partial charge in [-0.15, -0.1) is 12.4 Å². The van der Waals surface area contributed by atoms with Crippen molar-refractivity contribution in [2.75, 3.05) is 19.8 Å². The van der Waals surface area contributed by atoms with Gasteiger partial charge in [0, 0.05) is 19.2 Å². The van der Waals surface area contributed by atoms with Crippen LogP contribution in [0.4, 0.5) is 0 Å². The van der Waals surface area contributed by atoms with Gasteiger partial charge in [-0.3, -0.25) is 4.79 Å². The molecule has 0 aromatic rings. The Morgan fingerprint density at radius 1 is 1.67 bits per heavy atom. The first-order chi connectivity index (χ1) is 6.70. The number of ether oxygens (including phenoxy) is 1. The zero-order valence-corrected chi connectivity index (χ0v) is 10.0. The summed E-state index contributed by atoms with van der Waals surface area (Å²) in [6.07, 6.45) is 2.77. The number of amides is 1. The van der Waals surface area contributed by atoms with Crippen molar-refractivity contribution in [3.8, 4) is 0 Å². The summed E-state index contributed by atoms with van der Waals surface area (Å²) in [5.41, 5.74) is 5.58. The highest BCUT2D eigenvalue weighted by Crippen LogP contribution is 2.13. The van der Waals surface area contributed by atoms with Crippen LogP contribution in [0.1, 0.15) is 26.2 Å². The van der Waals surface area contributed by atoms with Gasteiger partial charge in [0.1, 0.15) is 0 Å². The molecule has 0 aliphatic carbocycles. The van der Waals surface area contributed by atoms with E-state index in [4.69, 9.17) is 10.5 Å². The number of nitrogens with one attached hydrogen (secondary N) is 1. The molecular formula is C10H21ClN2O2. The maximum atomic E-state index is 11.5. The Balaban J connectivity index is 0.00000196. The minimum atomic E-state index is 0. The van der Waals surface area contributed by atoms with Crippen LogP contribution in [0.15, 0.2) is 0 Å². The SMILES string of the molecule is CC(N)CCNC(=O)C1CCCOC1.Cl. The van der Waals surface area contributed by atoms with Crippen LogP contribution in [-0.2, 0) is 9.53 Å². The van der Waals surface area contributed by atoms with Gasteiger partial charge < -0.3 is 15.8 Å². The summed E-state index contributed by atoms with van der Waals surface area (Å²) in [4.78, 5) is 11.5. The first-order valence-electron chi connectivity index (χ1n) is 5.31. The fraction of sp³-hybridized carbons (Fsp3) is 0.900. The minimum Gasteiger partial charge on any atom is -0.381 e. The second-order valence-electron chi connectivity index (χ2n) is 3.97. The minimum absolute atomic E-state index is 0. The number of nitrogens with two attached hydrogens (primary N) is 1. The van der Waals surface area contributed by atoms with E-state index >= 15 is 0 Å². The first kappa shape index (κ1) is 14.7. The van der Waals surface area contributed by atoms with Gasteiger partial charge in [0.25, 0.3) is 0 Å². The van der Waals surface area contributed by atoms with Gasteiger partial charge in [0.15, 0.2) is 0 Å². The van der Waals surface area contributed by atoms with Crippen LogP contribution in [0.25, 0.3) is 0 Å². The normalized spacial score (nSPS) is 22.7. The number of hydrogen-bond donors (Lipinski definition) is 2. The molecule has 1 aliphatic rings. The highest BCUT2D eigenvalue weighted by molar-refractivity contribution is 5.85. The molecular weight excluding hydrogens is 216 g/mol. The Bertz CT molecular complexity index is 182. The summed E-state index contributed by atoms with van der Waals surface area (Å²) >= 11 is 0. The monoisotopic (exact) mass is 236 g/mol.